The van der Waals surface area contributed by atoms with Crippen LogP contribution in [-0.4, -0.2) is 48.9 Å². The fourth-order valence-electron chi connectivity index (χ4n) is 3.94. The lowest BCUT2D eigenvalue weighted by Crippen LogP contribution is -2.48. The number of ether oxygens (including phenoxy) is 3. The van der Waals surface area contributed by atoms with E-state index in [1.165, 1.54) is 7.11 Å². The molecule has 0 saturated carbocycles. The maximum absolute atomic E-state index is 12.8. The van der Waals surface area contributed by atoms with Crippen molar-refractivity contribution in [3.63, 3.8) is 0 Å². The molecule has 2 atom stereocenters. The first-order valence-corrected chi connectivity index (χ1v) is 9.22. The Kier molecular flexibility index (Phi) is 5.18. The van der Waals surface area contributed by atoms with Gasteiger partial charge in [-0.05, 0) is 63.3 Å². The van der Waals surface area contributed by atoms with Crippen molar-refractivity contribution in [2.45, 2.75) is 57.7 Å². The summed E-state index contributed by atoms with van der Waals surface area (Å²) >= 11 is 0. The number of amides is 1. The molecule has 1 fully saturated rings. The number of fused-ring (bicyclic) bond motifs is 2. The zero-order valence-corrected chi connectivity index (χ0v) is 16.6. The number of hydrogen-bond donors (Lipinski definition) is 0. The molecule has 1 amide bonds. The minimum Gasteiger partial charge on any atom is -0.497 e. The fraction of sp³-hybridized carbons (Fsp3) is 0.524. The van der Waals surface area contributed by atoms with Gasteiger partial charge in [0, 0.05) is 6.04 Å². The Morgan fingerprint density at radius 3 is 2.30 bits per heavy atom. The molecule has 2 aliphatic rings. The van der Waals surface area contributed by atoms with Crippen molar-refractivity contribution < 1.29 is 23.8 Å². The normalized spacial score (nSPS) is 21.9. The summed E-state index contributed by atoms with van der Waals surface area (Å²) in [6.45, 7) is 5.53. The molecule has 0 radical (unpaired) electrons. The average molecular weight is 373 g/mol. The molecule has 0 aromatic heterocycles. The zero-order valence-electron chi connectivity index (χ0n) is 16.6. The van der Waals surface area contributed by atoms with E-state index in [-0.39, 0.29) is 24.1 Å². The van der Waals surface area contributed by atoms with Gasteiger partial charge in [-0.25, -0.2) is 9.59 Å². The van der Waals surface area contributed by atoms with E-state index in [4.69, 9.17) is 14.2 Å². The van der Waals surface area contributed by atoms with Crippen molar-refractivity contribution in [3.8, 4) is 5.75 Å². The molecule has 0 spiro atoms. The Labute approximate surface area is 160 Å². The number of rotatable bonds is 3. The Morgan fingerprint density at radius 2 is 1.74 bits per heavy atom. The Balaban J connectivity index is 2.00. The summed E-state index contributed by atoms with van der Waals surface area (Å²) in [5.74, 6) is 0.368. The molecular formula is C21H27NO5. The van der Waals surface area contributed by atoms with E-state index in [1.807, 2.05) is 45.0 Å². The van der Waals surface area contributed by atoms with E-state index >= 15 is 0 Å². The Bertz CT molecular complexity index is 760. The first-order chi connectivity index (χ1) is 12.7. The lowest BCUT2D eigenvalue weighted by molar-refractivity contribution is -0.136. The van der Waals surface area contributed by atoms with E-state index < -0.39 is 5.60 Å². The number of esters is 1. The monoisotopic (exact) mass is 373 g/mol. The Hall–Kier alpha value is -2.50. The van der Waals surface area contributed by atoms with Crippen LogP contribution in [0.15, 0.2) is 29.8 Å². The molecule has 6 heteroatoms. The molecule has 2 heterocycles. The van der Waals surface area contributed by atoms with Crippen LogP contribution in [0.4, 0.5) is 4.79 Å². The van der Waals surface area contributed by atoms with Crippen LogP contribution in [0.1, 0.15) is 45.6 Å². The van der Waals surface area contributed by atoms with Crippen molar-refractivity contribution in [2.24, 2.45) is 0 Å². The maximum atomic E-state index is 12.8. The summed E-state index contributed by atoms with van der Waals surface area (Å²) in [5, 5.41) is 0. The van der Waals surface area contributed by atoms with Gasteiger partial charge in [0.25, 0.3) is 0 Å². The lowest BCUT2D eigenvalue weighted by Gasteiger charge is -2.38. The van der Waals surface area contributed by atoms with Gasteiger partial charge in [0.15, 0.2) is 0 Å². The predicted molar refractivity (Wildman–Crippen MR) is 101 cm³/mol. The van der Waals surface area contributed by atoms with Crippen LogP contribution < -0.4 is 4.74 Å². The smallest absolute Gasteiger partial charge is 0.411 e. The van der Waals surface area contributed by atoms with E-state index in [1.54, 1.807) is 12.0 Å². The second-order valence-corrected chi connectivity index (χ2v) is 7.95. The highest BCUT2D eigenvalue weighted by atomic mass is 16.6. The van der Waals surface area contributed by atoms with Gasteiger partial charge < -0.3 is 14.2 Å². The summed E-state index contributed by atoms with van der Waals surface area (Å²) in [4.78, 5) is 27.1. The molecule has 3 rings (SSSR count). The van der Waals surface area contributed by atoms with Crippen molar-refractivity contribution >= 4 is 17.6 Å². The van der Waals surface area contributed by atoms with Crippen molar-refractivity contribution in [3.05, 3.63) is 35.4 Å². The van der Waals surface area contributed by atoms with Gasteiger partial charge in [-0.2, -0.15) is 0 Å². The van der Waals surface area contributed by atoms with Gasteiger partial charge in [0.1, 0.15) is 11.4 Å². The van der Waals surface area contributed by atoms with Crippen molar-refractivity contribution in [1.29, 1.82) is 0 Å². The summed E-state index contributed by atoms with van der Waals surface area (Å²) in [6, 6.07) is 7.34. The van der Waals surface area contributed by atoms with Crippen LogP contribution >= 0.6 is 0 Å². The first kappa shape index (κ1) is 19.3. The van der Waals surface area contributed by atoms with Gasteiger partial charge in [-0.3, -0.25) is 4.90 Å². The summed E-state index contributed by atoms with van der Waals surface area (Å²) in [6.07, 6.45) is 1.80. The molecule has 2 aliphatic heterocycles. The number of carbonyl (C=O) groups excluding carboxylic acids is 2. The molecule has 27 heavy (non-hydrogen) atoms. The number of nitrogens with zero attached hydrogens (tertiary/aromatic N) is 1. The van der Waals surface area contributed by atoms with Gasteiger partial charge in [0.2, 0.25) is 0 Å². The van der Waals surface area contributed by atoms with Crippen LogP contribution in [0, 0.1) is 0 Å². The van der Waals surface area contributed by atoms with Crippen LogP contribution in [0.3, 0.4) is 0 Å². The molecular weight excluding hydrogens is 346 g/mol. The molecule has 2 unspecified atom stereocenters. The molecule has 146 valence electrons. The highest BCUT2D eigenvalue weighted by Crippen LogP contribution is 2.44. The standard InChI is InChI=1S/C21H27NO5/c1-21(2,3)27-20(24)22-14-8-11-17(22)18(19(23)26-5)16(12-14)13-6-9-15(25-4)10-7-13/h6-7,9-10,14,17H,8,11-12H2,1-5H3. The third-order valence-corrected chi connectivity index (χ3v) is 5.05. The molecule has 6 nitrogen and oxygen atoms in total. The third-order valence-electron chi connectivity index (χ3n) is 5.05. The largest absolute Gasteiger partial charge is 0.497 e. The van der Waals surface area contributed by atoms with E-state index in [0.29, 0.717) is 12.0 Å². The van der Waals surface area contributed by atoms with E-state index in [2.05, 4.69) is 0 Å². The maximum Gasteiger partial charge on any atom is 0.411 e. The number of carbonyl (C=O) groups is 2. The minimum absolute atomic E-state index is 0.0235. The fourth-order valence-corrected chi connectivity index (χ4v) is 3.94. The third kappa shape index (κ3) is 3.80. The van der Waals surface area contributed by atoms with Crippen LogP contribution in [0.5, 0.6) is 5.75 Å². The van der Waals surface area contributed by atoms with Gasteiger partial charge in [0.05, 0.1) is 25.8 Å². The molecule has 0 N–H and O–H groups in total. The quantitative estimate of drug-likeness (QED) is 0.754. The van der Waals surface area contributed by atoms with Crippen molar-refractivity contribution in [1.82, 2.24) is 4.90 Å². The second-order valence-electron chi connectivity index (χ2n) is 7.95. The highest BCUT2D eigenvalue weighted by Gasteiger charge is 2.47. The Morgan fingerprint density at radius 1 is 1.07 bits per heavy atom. The van der Waals surface area contributed by atoms with Crippen molar-refractivity contribution in [2.75, 3.05) is 14.2 Å². The predicted octanol–water partition coefficient (Wildman–Crippen LogP) is 3.79. The molecule has 2 bridgehead atoms. The summed E-state index contributed by atoms with van der Waals surface area (Å²) in [7, 11) is 2.99. The van der Waals surface area contributed by atoms with Crippen LogP contribution in [-0.2, 0) is 14.3 Å². The minimum atomic E-state index is -0.581. The topological polar surface area (TPSA) is 65.1 Å². The zero-order chi connectivity index (χ0) is 19.8. The molecule has 1 saturated heterocycles. The summed E-state index contributed by atoms with van der Waals surface area (Å²) in [5.41, 5.74) is 1.87. The number of hydrogen-bond acceptors (Lipinski definition) is 5. The highest BCUT2D eigenvalue weighted by molar-refractivity contribution is 6.00. The summed E-state index contributed by atoms with van der Waals surface area (Å²) < 4.78 is 15.9. The SMILES string of the molecule is COC(=O)C1=C(c2ccc(OC)cc2)CC2CCC1N2C(=O)OC(C)(C)C. The van der Waals surface area contributed by atoms with Gasteiger partial charge in [-0.15, -0.1) is 0 Å². The molecule has 1 aromatic rings. The molecule has 1 aromatic carbocycles. The first-order valence-electron chi connectivity index (χ1n) is 9.22. The van der Waals surface area contributed by atoms with E-state index in [0.717, 1.165) is 29.7 Å². The molecule has 0 aliphatic carbocycles. The van der Waals surface area contributed by atoms with E-state index in [9.17, 15) is 9.59 Å². The van der Waals surface area contributed by atoms with Crippen LogP contribution in [0.25, 0.3) is 5.57 Å². The van der Waals surface area contributed by atoms with Gasteiger partial charge >= 0.3 is 12.1 Å². The van der Waals surface area contributed by atoms with Gasteiger partial charge in [-0.1, -0.05) is 12.1 Å². The average Bonchev–Trinajstić information content (AvgIpc) is 2.94. The van der Waals surface area contributed by atoms with Crippen LogP contribution in [0.2, 0.25) is 0 Å². The number of benzene rings is 1. The lowest BCUT2D eigenvalue weighted by atomic mass is 9.88. The second kappa shape index (κ2) is 7.25. The number of methoxy groups -OCH3 is 2.